The number of rotatable bonds is 0. The van der Waals surface area contributed by atoms with Crippen LogP contribution in [0.2, 0.25) is 0 Å². The molecule has 0 atom stereocenters. The minimum Gasteiger partial charge on any atom is -0.412 e. The molecule has 0 aliphatic rings. The van der Waals surface area contributed by atoms with E-state index in [1.807, 2.05) is 0 Å². The predicted molar refractivity (Wildman–Crippen MR) is 54.1 cm³/mol. The first kappa shape index (κ1) is 152. The molecule has 0 saturated heterocycles. The molecule has 0 spiro atoms. The van der Waals surface area contributed by atoms with Gasteiger partial charge in [0.2, 0.25) is 0 Å². The van der Waals surface area contributed by atoms with E-state index >= 15 is 0 Å². The molecule has 0 radical (unpaired) electrons. The maximum Gasteiger partial charge on any atom is 0.472 e. The third-order valence-electron chi connectivity index (χ3n) is 0. The molecule has 21 nitrogen and oxygen atoms in total. The quantitative estimate of drug-likeness (QED) is 0.163. The second-order valence-corrected chi connectivity index (χ2v) is 0.758. The first-order valence-electron chi connectivity index (χ1n) is 1.75. The minimum absolute atomic E-state index is 0. The molecule has 152 valence electrons. The van der Waals surface area contributed by atoms with Gasteiger partial charge in [-0.2, -0.15) is 0 Å². The molecule has 0 aliphatic heterocycles. The van der Waals surface area contributed by atoms with E-state index in [9.17, 15) is 0 Å². The molecule has 0 aliphatic carbocycles. The maximum atomic E-state index is 8.47. The average Bonchev–Trinajstić information content (AvgIpc) is 1.54. The largest absolute Gasteiger partial charge is 0.472 e. The zero-order chi connectivity index (χ0) is 10.7. The second-order valence-electron chi connectivity index (χ2n) is 0.758. The van der Waals surface area contributed by atoms with Gasteiger partial charge in [0.1, 0.15) is 14.7 Å². The minimum atomic E-state index is -1.25. The SMILES string of the molecule is O.O.O.O.O.O.O.O.O.O=[N+](O)O.O=[N+](O)O.O=[N+](O)O.[Fe]. The Morgan fingerprint density at radius 1 is 0.364 bits per heavy atom. The van der Waals surface area contributed by atoms with E-state index in [1.54, 1.807) is 0 Å². The molecule has 0 unspecified atom stereocenters. The van der Waals surface area contributed by atoms with Crippen molar-refractivity contribution < 1.29 is 113 Å². The van der Waals surface area contributed by atoms with Crippen LogP contribution in [0.3, 0.4) is 0 Å². The van der Waals surface area contributed by atoms with Gasteiger partial charge in [-0.1, -0.05) is 0 Å². The predicted octanol–water partition coefficient (Wildman–Crippen LogP) is -8.79. The van der Waals surface area contributed by atoms with Gasteiger partial charge in [0.15, 0.2) is 0 Å². The summed E-state index contributed by atoms with van der Waals surface area (Å²) in [6.45, 7) is 0. The van der Waals surface area contributed by atoms with E-state index < -0.39 is 15.3 Å². The number of nitrogens with zero attached hydrogens (tertiary/aromatic N) is 3. The zero-order valence-electron chi connectivity index (χ0n) is 10.1. The molecular weight excluding hydrogens is 386 g/mol. The molecule has 22 heteroatoms. The van der Waals surface area contributed by atoms with Crippen molar-refractivity contribution in [1.29, 1.82) is 0 Å². The molecular formula is H24FeN3O18+3. The van der Waals surface area contributed by atoms with Gasteiger partial charge in [-0.05, 0) is 0 Å². The third kappa shape index (κ3) is 994. The van der Waals surface area contributed by atoms with Crippen LogP contribution in [0.25, 0.3) is 0 Å². The van der Waals surface area contributed by atoms with Gasteiger partial charge in [0, 0.05) is 17.1 Å². The Hall–Kier alpha value is -2.24. The van der Waals surface area contributed by atoms with E-state index in [1.165, 1.54) is 0 Å². The van der Waals surface area contributed by atoms with Gasteiger partial charge in [0.25, 0.3) is 0 Å². The summed E-state index contributed by atoms with van der Waals surface area (Å²) in [5, 5.41) is 37.6. The van der Waals surface area contributed by atoms with Crippen LogP contribution in [0.1, 0.15) is 0 Å². The van der Waals surface area contributed by atoms with Crippen molar-refractivity contribution in [2.45, 2.75) is 0 Å². The monoisotopic (exact) mass is 410 g/mol. The Labute approximate surface area is 129 Å². The van der Waals surface area contributed by atoms with E-state index in [-0.39, 0.29) is 66.4 Å². The fourth-order valence-corrected chi connectivity index (χ4v) is 0. The normalized spacial score (nSPS) is 3.27. The van der Waals surface area contributed by atoms with Crippen LogP contribution in [-0.2, 0) is 17.1 Å². The molecule has 0 aromatic rings. The first-order chi connectivity index (χ1) is 5.20. The Kier molecular flexibility index (Phi) is 896. The smallest absolute Gasteiger partial charge is 0.412 e. The Morgan fingerprint density at radius 2 is 0.364 bits per heavy atom. The van der Waals surface area contributed by atoms with Crippen molar-refractivity contribution in [3.8, 4) is 0 Å². The van der Waals surface area contributed by atoms with Crippen LogP contribution in [0, 0.1) is 14.7 Å². The van der Waals surface area contributed by atoms with E-state index in [0.717, 1.165) is 0 Å². The van der Waals surface area contributed by atoms with Gasteiger partial charge < -0.3 is 49.3 Å². The van der Waals surface area contributed by atoms with Gasteiger partial charge in [-0.15, -0.1) is 0 Å². The van der Waals surface area contributed by atoms with Crippen molar-refractivity contribution in [3.05, 3.63) is 14.7 Å². The van der Waals surface area contributed by atoms with Crippen LogP contribution in [0.4, 0.5) is 0 Å². The third-order valence-corrected chi connectivity index (χ3v) is 0. The van der Waals surface area contributed by atoms with Crippen molar-refractivity contribution in [2.75, 3.05) is 0 Å². The van der Waals surface area contributed by atoms with Crippen molar-refractivity contribution in [2.24, 2.45) is 0 Å². The molecule has 0 aromatic heterocycles. The summed E-state index contributed by atoms with van der Waals surface area (Å²) in [6, 6.07) is 0. The van der Waals surface area contributed by atoms with Crippen molar-refractivity contribution in [3.63, 3.8) is 0 Å². The van der Waals surface area contributed by atoms with E-state index in [0.29, 0.717) is 0 Å². The van der Waals surface area contributed by atoms with Crippen molar-refractivity contribution >= 4 is 0 Å². The Balaban J connectivity index is -0.00000000409. The van der Waals surface area contributed by atoms with Gasteiger partial charge >= 0.3 is 15.3 Å². The molecule has 0 heterocycles. The van der Waals surface area contributed by atoms with Crippen LogP contribution in [-0.4, -0.2) is 95.8 Å². The summed E-state index contributed by atoms with van der Waals surface area (Å²) in [7, 11) is 0. The molecule has 0 rings (SSSR count). The average molecular weight is 410 g/mol. The molecule has 0 amide bonds. The number of hydrogen-bond donors (Lipinski definition) is 6. The Bertz CT molecular complexity index is 116. The van der Waals surface area contributed by atoms with Crippen LogP contribution >= 0.6 is 0 Å². The fourth-order valence-electron chi connectivity index (χ4n) is 0. The Morgan fingerprint density at radius 3 is 0.364 bits per heavy atom. The molecule has 0 bridgehead atoms. The summed E-state index contributed by atoms with van der Waals surface area (Å²) in [4.78, 5) is 25.4. The molecule has 0 fully saturated rings. The van der Waals surface area contributed by atoms with Crippen LogP contribution < -0.4 is 0 Å². The molecule has 0 saturated carbocycles. The summed E-state index contributed by atoms with van der Waals surface area (Å²) in [5.41, 5.74) is 0. The topological polar surface area (TPSA) is 465 Å². The summed E-state index contributed by atoms with van der Waals surface area (Å²) < 4.78 is 0. The second kappa shape index (κ2) is 129. The van der Waals surface area contributed by atoms with Gasteiger partial charge in [-0.25, -0.2) is 31.2 Å². The van der Waals surface area contributed by atoms with E-state index in [2.05, 4.69) is 0 Å². The van der Waals surface area contributed by atoms with Crippen LogP contribution in [0.15, 0.2) is 0 Å². The summed E-state index contributed by atoms with van der Waals surface area (Å²) >= 11 is 0. The van der Waals surface area contributed by atoms with E-state index in [4.69, 9.17) is 46.0 Å². The fraction of sp³-hybridized carbons (Fsp3) is 0. The van der Waals surface area contributed by atoms with Gasteiger partial charge in [0.05, 0.1) is 0 Å². The van der Waals surface area contributed by atoms with Gasteiger partial charge in [-0.3, -0.25) is 0 Å². The van der Waals surface area contributed by atoms with Crippen molar-refractivity contribution in [1.82, 2.24) is 0 Å². The first-order valence-corrected chi connectivity index (χ1v) is 1.75. The molecule has 0 aromatic carbocycles. The molecule has 22 heavy (non-hydrogen) atoms. The molecule has 24 N–H and O–H groups in total. The van der Waals surface area contributed by atoms with Crippen LogP contribution in [0.5, 0.6) is 0 Å². The number of hydrogen-bond acceptors (Lipinski definition) is 3. The summed E-state index contributed by atoms with van der Waals surface area (Å²) in [5.74, 6) is 0. The summed E-state index contributed by atoms with van der Waals surface area (Å²) in [6.07, 6.45) is 0. The zero-order valence-corrected chi connectivity index (χ0v) is 11.2. The maximum absolute atomic E-state index is 8.47. The standard InChI is InChI=1S/Fe.3H2NO3.9H2O/c;3*2-1(3)4;;;;;;;;;/h;3*(H2,2,3,4);9*1H2/q;3*+1;;;;;;;;;.